The molecule has 1 aliphatic rings. The minimum atomic E-state index is -0.0518. The Morgan fingerprint density at radius 1 is 1.24 bits per heavy atom. The Labute approximate surface area is 131 Å². The number of hydrogen-bond donors (Lipinski definition) is 3. The second kappa shape index (κ2) is 8.00. The monoisotopic (exact) mass is 311 g/mol. The molecule has 1 aliphatic carbocycles. The average molecular weight is 312 g/mol. The van der Waals surface area contributed by atoms with Crippen molar-refractivity contribution < 1.29 is 9.59 Å². The molecule has 0 spiro atoms. The third kappa shape index (κ3) is 5.36. The summed E-state index contributed by atoms with van der Waals surface area (Å²) in [4.78, 5) is 23.1. The third-order valence-electron chi connectivity index (χ3n) is 3.34. The molecule has 0 aliphatic heterocycles. The Hall–Kier alpha value is -1.59. The SMILES string of the molecule is CNCC(=O)NC(C)c1ccc(NC(=O)C2CC2)cc1.Cl. The number of carbonyl (C=O) groups is 2. The van der Waals surface area contributed by atoms with Crippen molar-refractivity contribution in [1.29, 1.82) is 0 Å². The standard InChI is InChI=1S/C15H21N3O2.ClH/c1-10(17-14(19)9-16-2)11-5-7-13(8-6-11)18-15(20)12-3-4-12;/h5-8,10,12,16H,3-4,9H2,1-2H3,(H,17,19)(H,18,20);1H. The number of amides is 2. The van der Waals surface area contributed by atoms with E-state index in [0.29, 0.717) is 6.54 Å². The molecule has 2 amide bonds. The van der Waals surface area contributed by atoms with Crippen LogP contribution in [0.3, 0.4) is 0 Å². The zero-order chi connectivity index (χ0) is 14.5. The maximum absolute atomic E-state index is 11.6. The van der Waals surface area contributed by atoms with Crippen LogP contribution in [0.4, 0.5) is 5.69 Å². The molecule has 1 unspecified atom stereocenters. The van der Waals surface area contributed by atoms with E-state index in [2.05, 4.69) is 16.0 Å². The van der Waals surface area contributed by atoms with Crippen molar-refractivity contribution in [3.8, 4) is 0 Å². The molecule has 1 aromatic carbocycles. The summed E-state index contributed by atoms with van der Waals surface area (Å²) in [7, 11) is 1.74. The molecule has 0 heterocycles. The molecule has 1 fully saturated rings. The summed E-state index contributed by atoms with van der Waals surface area (Å²) in [6.45, 7) is 2.24. The van der Waals surface area contributed by atoms with E-state index < -0.39 is 0 Å². The summed E-state index contributed by atoms with van der Waals surface area (Å²) in [5.41, 5.74) is 1.82. The zero-order valence-electron chi connectivity index (χ0n) is 12.3. The molecule has 0 aromatic heterocycles. The van der Waals surface area contributed by atoms with Crippen LogP contribution in [0.25, 0.3) is 0 Å². The summed E-state index contributed by atoms with van der Waals surface area (Å²) in [6.07, 6.45) is 2.00. The van der Waals surface area contributed by atoms with Crippen molar-refractivity contribution in [2.24, 2.45) is 5.92 Å². The topological polar surface area (TPSA) is 70.2 Å². The Balaban J connectivity index is 0.00000220. The van der Waals surface area contributed by atoms with Gasteiger partial charge in [0, 0.05) is 11.6 Å². The maximum Gasteiger partial charge on any atom is 0.234 e. The second-order valence-electron chi connectivity index (χ2n) is 5.21. The first-order valence-electron chi connectivity index (χ1n) is 6.95. The van der Waals surface area contributed by atoms with E-state index in [4.69, 9.17) is 0 Å². The minimum Gasteiger partial charge on any atom is -0.348 e. The summed E-state index contributed by atoms with van der Waals surface area (Å²) in [5.74, 6) is 0.272. The highest BCUT2D eigenvalue weighted by atomic mass is 35.5. The van der Waals surface area contributed by atoms with E-state index in [0.717, 1.165) is 24.1 Å². The normalized spacial score (nSPS) is 14.8. The molecule has 3 N–H and O–H groups in total. The summed E-state index contributed by atoms with van der Waals surface area (Å²) >= 11 is 0. The van der Waals surface area contributed by atoms with E-state index in [9.17, 15) is 9.59 Å². The molecule has 5 nitrogen and oxygen atoms in total. The Morgan fingerprint density at radius 3 is 2.38 bits per heavy atom. The summed E-state index contributed by atoms with van der Waals surface area (Å²) in [5, 5.41) is 8.60. The van der Waals surface area contributed by atoms with E-state index >= 15 is 0 Å². The van der Waals surface area contributed by atoms with Gasteiger partial charge in [0.05, 0.1) is 12.6 Å². The summed E-state index contributed by atoms with van der Waals surface area (Å²) in [6, 6.07) is 7.54. The number of anilines is 1. The van der Waals surface area contributed by atoms with Gasteiger partial charge in [0.25, 0.3) is 0 Å². The zero-order valence-corrected chi connectivity index (χ0v) is 13.1. The first-order chi connectivity index (χ1) is 9.60. The van der Waals surface area contributed by atoms with Crippen LogP contribution in [0.15, 0.2) is 24.3 Å². The van der Waals surface area contributed by atoms with Crippen LogP contribution in [-0.2, 0) is 9.59 Å². The molecular formula is C15H22ClN3O2. The average Bonchev–Trinajstić information content (AvgIpc) is 3.24. The van der Waals surface area contributed by atoms with Crippen molar-refractivity contribution >= 4 is 29.9 Å². The van der Waals surface area contributed by atoms with Crippen LogP contribution >= 0.6 is 12.4 Å². The van der Waals surface area contributed by atoms with Gasteiger partial charge < -0.3 is 16.0 Å². The lowest BCUT2D eigenvalue weighted by atomic mass is 10.1. The highest BCUT2D eigenvalue weighted by Gasteiger charge is 2.29. The third-order valence-corrected chi connectivity index (χ3v) is 3.34. The second-order valence-corrected chi connectivity index (χ2v) is 5.21. The molecule has 0 saturated heterocycles. The lowest BCUT2D eigenvalue weighted by Crippen LogP contribution is -2.33. The molecule has 1 atom stereocenters. The predicted octanol–water partition coefficient (Wildman–Crippen LogP) is 1.85. The number of likely N-dealkylation sites (N-methyl/N-ethyl adjacent to an activating group) is 1. The smallest absolute Gasteiger partial charge is 0.234 e. The first kappa shape index (κ1) is 17.5. The molecule has 21 heavy (non-hydrogen) atoms. The molecule has 0 bridgehead atoms. The molecule has 1 saturated carbocycles. The van der Waals surface area contributed by atoms with Gasteiger partial charge in [-0.15, -0.1) is 12.4 Å². The van der Waals surface area contributed by atoms with Crippen molar-refractivity contribution in [3.63, 3.8) is 0 Å². The lowest BCUT2D eigenvalue weighted by molar-refractivity contribution is -0.120. The van der Waals surface area contributed by atoms with Gasteiger partial charge in [-0.25, -0.2) is 0 Å². The highest BCUT2D eigenvalue weighted by Crippen LogP contribution is 2.30. The number of carbonyl (C=O) groups excluding carboxylic acids is 2. The highest BCUT2D eigenvalue weighted by molar-refractivity contribution is 5.94. The van der Waals surface area contributed by atoms with Crippen molar-refractivity contribution in [1.82, 2.24) is 10.6 Å². The van der Waals surface area contributed by atoms with Gasteiger partial charge >= 0.3 is 0 Å². The van der Waals surface area contributed by atoms with Crippen LogP contribution in [-0.4, -0.2) is 25.4 Å². The van der Waals surface area contributed by atoms with Crippen molar-refractivity contribution in [3.05, 3.63) is 29.8 Å². The van der Waals surface area contributed by atoms with Gasteiger partial charge in [0.15, 0.2) is 0 Å². The Morgan fingerprint density at radius 2 is 1.86 bits per heavy atom. The minimum absolute atomic E-state index is 0. The van der Waals surface area contributed by atoms with Gasteiger partial charge in [-0.2, -0.15) is 0 Å². The Kier molecular flexibility index (Phi) is 6.65. The van der Waals surface area contributed by atoms with Gasteiger partial charge in [-0.05, 0) is 44.5 Å². The van der Waals surface area contributed by atoms with Crippen molar-refractivity contribution in [2.45, 2.75) is 25.8 Å². The fourth-order valence-corrected chi connectivity index (χ4v) is 1.98. The molecule has 1 aromatic rings. The van der Waals surface area contributed by atoms with Crippen LogP contribution in [0.2, 0.25) is 0 Å². The van der Waals surface area contributed by atoms with Gasteiger partial charge in [0.2, 0.25) is 11.8 Å². The molecule has 6 heteroatoms. The van der Waals surface area contributed by atoms with Gasteiger partial charge in [-0.3, -0.25) is 9.59 Å². The number of rotatable bonds is 6. The number of halogens is 1. The molecular weight excluding hydrogens is 290 g/mol. The fourth-order valence-electron chi connectivity index (χ4n) is 1.98. The molecule has 2 rings (SSSR count). The maximum atomic E-state index is 11.6. The number of nitrogens with one attached hydrogen (secondary N) is 3. The quantitative estimate of drug-likeness (QED) is 0.751. The van der Waals surface area contributed by atoms with Crippen LogP contribution in [0.5, 0.6) is 0 Å². The Bertz CT molecular complexity index is 486. The van der Waals surface area contributed by atoms with E-state index in [-0.39, 0.29) is 36.2 Å². The number of hydrogen-bond acceptors (Lipinski definition) is 3. The number of benzene rings is 1. The van der Waals surface area contributed by atoms with E-state index in [1.807, 2.05) is 31.2 Å². The molecule has 0 radical (unpaired) electrons. The first-order valence-corrected chi connectivity index (χ1v) is 6.95. The van der Waals surface area contributed by atoms with E-state index in [1.54, 1.807) is 7.05 Å². The van der Waals surface area contributed by atoms with Crippen molar-refractivity contribution in [2.75, 3.05) is 18.9 Å². The van der Waals surface area contributed by atoms with E-state index in [1.165, 1.54) is 0 Å². The fraction of sp³-hybridized carbons (Fsp3) is 0.467. The summed E-state index contributed by atoms with van der Waals surface area (Å²) < 4.78 is 0. The lowest BCUT2D eigenvalue weighted by Gasteiger charge is -2.15. The van der Waals surface area contributed by atoms with Crippen LogP contribution < -0.4 is 16.0 Å². The van der Waals surface area contributed by atoms with Crippen LogP contribution in [0, 0.1) is 5.92 Å². The van der Waals surface area contributed by atoms with Crippen LogP contribution in [0.1, 0.15) is 31.4 Å². The van der Waals surface area contributed by atoms with Gasteiger partial charge in [0.1, 0.15) is 0 Å². The van der Waals surface area contributed by atoms with Gasteiger partial charge in [-0.1, -0.05) is 12.1 Å². The predicted molar refractivity (Wildman–Crippen MR) is 85.5 cm³/mol. The molecule has 116 valence electrons. The largest absolute Gasteiger partial charge is 0.348 e.